The zero-order chi connectivity index (χ0) is 20.0. The van der Waals surface area contributed by atoms with Gasteiger partial charge in [-0.15, -0.1) is 0 Å². The number of carbonyl (C=O) groups is 1. The van der Waals surface area contributed by atoms with Gasteiger partial charge in [-0.1, -0.05) is 35.6 Å². The first kappa shape index (κ1) is 18.0. The molecule has 0 saturated carbocycles. The smallest absolute Gasteiger partial charge is 0.274 e. The van der Waals surface area contributed by atoms with Crippen molar-refractivity contribution >= 4 is 43.6 Å². The molecule has 1 aliphatic heterocycles. The summed E-state index contributed by atoms with van der Waals surface area (Å²) in [7, 11) is 0. The van der Waals surface area contributed by atoms with Crippen molar-refractivity contribution in [2.24, 2.45) is 0 Å². The number of hydrogen-bond acceptors (Lipinski definition) is 6. The Morgan fingerprint density at radius 3 is 2.41 bits per heavy atom. The third kappa shape index (κ3) is 3.21. The molecule has 146 valence electrons. The first-order chi connectivity index (χ1) is 14.1. The zero-order valence-electron chi connectivity index (χ0n) is 16.4. The van der Waals surface area contributed by atoms with Crippen molar-refractivity contribution in [1.29, 1.82) is 0 Å². The second-order valence-electron chi connectivity index (χ2n) is 7.40. The zero-order valence-corrected chi connectivity index (χ0v) is 17.2. The first-order valence-corrected chi connectivity index (χ1v) is 10.5. The predicted octanol–water partition coefficient (Wildman–Crippen LogP) is 3.82. The van der Waals surface area contributed by atoms with E-state index in [4.69, 9.17) is 4.98 Å². The van der Waals surface area contributed by atoms with Crippen molar-refractivity contribution in [1.82, 2.24) is 19.9 Å². The van der Waals surface area contributed by atoms with Crippen molar-refractivity contribution in [2.45, 2.75) is 13.8 Å². The number of fused-ring (bicyclic) bond motifs is 2. The highest BCUT2D eigenvalue weighted by Crippen LogP contribution is 2.33. The summed E-state index contributed by atoms with van der Waals surface area (Å²) in [4.78, 5) is 30.8. The highest BCUT2D eigenvalue weighted by atomic mass is 32.1. The van der Waals surface area contributed by atoms with E-state index in [1.165, 1.54) is 15.8 Å². The maximum atomic E-state index is 12.9. The number of nitrogens with zero attached hydrogens (tertiary/aromatic N) is 5. The number of amides is 1. The molecule has 2 aromatic heterocycles. The van der Waals surface area contributed by atoms with Gasteiger partial charge in [0.15, 0.2) is 5.13 Å². The van der Waals surface area contributed by atoms with Crippen molar-refractivity contribution in [3.63, 3.8) is 0 Å². The topological polar surface area (TPSA) is 62.2 Å². The lowest BCUT2D eigenvalue weighted by Crippen LogP contribution is -2.49. The SMILES string of the molecule is Cc1ccc(C)c2sc(N3CCN(C(=O)c4cnc5ccccc5n4)CC3)nc12. The molecule has 0 spiro atoms. The lowest BCUT2D eigenvalue weighted by atomic mass is 10.1. The van der Waals surface area contributed by atoms with E-state index >= 15 is 0 Å². The minimum Gasteiger partial charge on any atom is -0.345 e. The molecule has 2 aromatic carbocycles. The summed E-state index contributed by atoms with van der Waals surface area (Å²) in [6, 6.07) is 11.9. The maximum Gasteiger partial charge on any atom is 0.274 e. The van der Waals surface area contributed by atoms with Crippen LogP contribution in [0.25, 0.3) is 21.3 Å². The van der Waals surface area contributed by atoms with E-state index < -0.39 is 0 Å². The van der Waals surface area contributed by atoms with Crippen molar-refractivity contribution in [2.75, 3.05) is 31.1 Å². The third-order valence-electron chi connectivity index (χ3n) is 5.44. The number of carbonyl (C=O) groups excluding carboxylic acids is 1. The molecule has 1 saturated heterocycles. The molecule has 1 fully saturated rings. The quantitative estimate of drug-likeness (QED) is 0.509. The number of rotatable bonds is 2. The Kier molecular flexibility index (Phi) is 4.39. The van der Waals surface area contributed by atoms with Crippen LogP contribution in [0.15, 0.2) is 42.6 Å². The number of piperazine rings is 1. The standard InChI is InChI=1S/C22H21N5OS/c1-14-7-8-15(2)20-19(14)25-22(29-20)27-11-9-26(10-12-27)21(28)18-13-23-16-5-3-4-6-17(16)24-18/h3-8,13H,9-12H2,1-2H3. The van der Waals surface area contributed by atoms with E-state index in [0.29, 0.717) is 18.8 Å². The highest BCUT2D eigenvalue weighted by molar-refractivity contribution is 7.22. The first-order valence-electron chi connectivity index (χ1n) is 9.73. The largest absolute Gasteiger partial charge is 0.345 e. The van der Waals surface area contributed by atoms with E-state index in [9.17, 15) is 4.79 Å². The molecule has 0 aliphatic carbocycles. The van der Waals surface area contributed by atoms with Crippen molar-refractivity contribution < 1.29 is 4.79 Å². The second kappa shape index (κ2) is 7.08. The summed E-state index contributed by atoms with van der Waals surface area (Å²) in [5.74, 6) is -0.0566. The van der Waals surface area contributed by atoms with Gasteiger partial charge in [0.2, 0.25) is 0 Å². The van der Waals surface area contributed by atoms with Crippen molar-refractivity contribution in [3.05, 3.63) is 59.4 Å². The minimum atomic E-state index is -0.0566. The van der Waals surface area contributed by atoms with Crippen LogP contribution < -0.4 is 4.90 Å². The average Bonchev–Trinajstić information content (AvgIpc) is 3.23. The molecule has 0 unspecified atom stereocenters. The van der Waals surface area contributed by atoms with Crippen LogP contribution in [-0.4, -0.2) is 51.9 Å². The normalized spacial score (nSPS) is 14.7. The van der Waals surface area contributed by atoms with Crippen LogP contribution in [0.4, 0.5) is 5.13 Å². The molecule has 1 aliphatic rings. The average molecular weight is 404 g/mol. The molecule has 1 amide bonds. The molecule has 0 N–H and O–H groups in total. The van der Waals surface area contributed by atoms with Gasteiger partial charge in [-0.2, -0.15) is 0 Å². The number of thiazole rings is 1. The van der Waals surface area contributed by atoms with E-state index in [2.05, 4.69) is 40.8 Å². The fraction of sp³-hybridized carbons (Fsp3) is 0.273. The van der Waals surface area contributed by atoms with Crippen LogP contribution in [0.3, 0.4) is 0 Å². The minimum absolute atomic E-state index is 0.0566. The van der Waals surface area contributed by atoms with Gasteiger partial charge < -0.3 is 9.80 Å². The summed E-state index contributed by atoms with van der Waals surface area (Å²) in [6.07, 6.45) is 1.58. The molecule has 0 radical (unpaired) electrons. The Hall–Kier alpha value is -3.06. The summed E-state index contributed by atoms with van der Waals surface area (Å²) in [5, 5.41) is 1.04. The second-order valence-corrected chi connectivity index (χ2v) is 8.37. The monoisotopic (exact) mass is 403 g/mol. The van der Waals surface area contributed by atoms with Gasteiger partial charge in [0.1, 0.15) is 5.69 Å². The summed E-state index contributed by atoms with van der Waals surface area (Å²) < 4.78 is 1.25. The Morgan fingerprint density at radius 2 is 1.66 bits per heavy atom. The van der Waals surface area contributed by atoms with Gasteiger partial charge in [-0.25, -0.2) is 9.97 Å². The molecular formula is C22H21N5OS. The number of aromatic nitrogens is 3. The molecule has 6 nitrogen and oxygen atoms in total. The lowest BCUT2D eigenvalue weighted by molar-refractivity contribution is 0.0741. The maximum absolute atomic E-state index is 12.9. The van der Waals surface area contributed by atoms with Gasteiger partial charge >= 0.3 is 0 Å². The Bertz CT molecular complexity index is 1190. The lowest BCUT2D eigenvalue weighted by Gasteiger charge is -2.34. The predicted molar refractivity (Wildman–Crippen MR) is 117 cm³/mol. The van der Waals surface area contributed by atoms with Crippen LogP contribution in [0.5, 0.6) is 0 Å². The van der Waals surface area contributed by atoms with Crippen LogP contribution >= 0.6 is 11.3 Å². The summed E-state index contributed by atoms with van der Waals surface area (Å²) in [6.45, 7) is 7.08. The number of aryl methyl sites for hydroxylation is 2. The van der Waals surface area contributed by atoms with Gasteiger partial charge in [0, 0.05) is 26.2 Å². The molecule has 0 bridgehead atoms. The van der Waals surface area contributed by atoms with Crippen molar-refractivity contribution in [3.8, 4) is 0 Å². The van der Waals surface area contributed by atoms with E-state index in [-0.39, 0.29) is 5.91 Å². The van der Waals surface area contributed by atoms with Gasteiger partial charge in [0.05, 0.1) is 27.4 Å². The van der Waals surface area contributed by atoms with Crippen LogP contribution in [0.1, 0.15) is 21.6 Å². The van der Waals surface area contributed by atoms with E-state index in [1.807, 2.05) is 29.2 Å². The Balaban J connectivity index is 1.32. The van der Waals surface area contributed by atoms with Crippen LogP contribution in [0, 0.1) is 13.8 Å². The van der Waals surface area contributed by atoms with Gasteiger partial charge in [-0.3, -0.25) is 9.78 Å². The fourth-order valence-corrected chi connectivity index (χ4v) is 4.87. The molecule has 4 aromatic rings. The Morgan fingerprint density at radius 1 is 0.931 bits per heavy atom. The number of anilines is 1. The van der Waals surface area contributed by atoms with Crippen LogP contribution in [0.2, 0.25) is 0 Å². The highest BCUT2D eigenvalue weighted by Gasteiger charge is 2.25. The molecular weight excluding hydrogens is 382 g/mol. The van der Waals surface area contributed by atoms with Crippen LogP contribution in [-0.2, 0) is 0 Å². The molecule has 3 heterocycles. The summed E-state index contributed by atoms with van der Waals surface area (Å²) in [5.41, 5.74) is 5.51. The third-order valence-corrected chi connectivity index (χ3v) is 6.69. The fourth-order valence-electron chi connectivity index (χ4n) is 3.71. The Labute approximate surface area is 172 Å². The number of benzene rings is 2. The van der Waals surface area contributed by atoms with Gasteiger partial charge in [-0.05, 0) is 37.1 Å². The number of hydrogen-bond donors (Lipinski definition) is 0. The molecule has 0 atom stereocenters. The van der Waals surface area contributed by atoms with E-state index in [1.54, 1.807) is 17.5 Å². The summed E-state index contributed by atoms with van der Waals surface area (Å²) >= 11 is 1.74. The molecule has 7 heteroatoms. The number of para-hydroxylation sites is 2. The molecule has 5 rings (SSSR count). The van der Waals surface area contributed by atoms with Gasteiger partial charge in [0.25, 0.3) is 5.91 Å². The molecule has 29 heavy (non-hydrogen) atoms. The van der Waals surface area contributed by atoms with E-state index in [0.717, 1.165) is 34.8 Å².